The van der Waals surface area contributed by atoms with Gasteiger partial charge in [-0.25, -0.2) is 4.39 Å². The number of carbonyl (C=O) groups is 1. The summed E-state index contributed by atoms with van der Waals surface area (Å²) in [6.45, 7) is 3.31. The van der Waals surface area contributed by atoms with Gasteiger partial charge >= 0.3 is 0 Å². The molecule has 0 saturated heterocycles. The summed E-state index contributed by atoms with van der Waals surface area (Å²) in [7, 11) is 0. The molecule has 1 amide bonds. The topological polar surface area (TPSA) is 85.1 Å². The van der Waals surface area contributed by atoms with E-state index in [1.54, 1.807) is 26.0 Å². The number of rotatable bonds is 4. The van der Waals surface area contributed by atoms with E-state index in [1.165, 1.54) is 18.3 Å². The number of amides is 1. The van der Waals surface area contributed by atoms with Gasteiger partial charge in [0.05, 0.1) is 22.7 Å². The highest BCUT2D eigenvalue weighted by molar-refractivity contribution is 5.94. The van der Waals surface area contributed by atoms with Crippen molar-refractivity contribution in [1.82, 2.24) is 10.3 Å². The van der Waals surface area contributed by atoms with Gasteiger partial charge in [0.2, 0.25) is 0 Å². The summed E-state index contributed by atoms with van der Waals surface area (Å²) in [5, 5.41) is 13.6. The molecule has 1 N–H and O–H groups in total. The van der Waals surface area contributed by atoms with Crippen molar-refractivity contribution in [2.24, 2.45) is 0 Å². The molecule has 6 nitrogen and oxygen atoms in total. The number of nitrogens with one attached hydrogen (secondary N) is 1. The first-order valence-electron chi connectivity index (χ1n) is 6.55. The largest absolute Gasteiger partial charge is 0.345 e. The fourth-order valence-electron chi connectivity index (χ4n) is 2.01. The zero-order valence-corrected chi connectivity index (χ0v) is 12.0. The van der Waals surface area contributed by atoms with E-state index in [1.807, 2.05) is 0 Å². The van der Waals surface area contributed by atoms with Gasteiger partial charge < -0.3 is 5.32 Å². The molecule has 0 spiro atoms. The Morgan fingerprint density at radius 3 is 2.77 bits per heavy atom. The summed E-state index contributed by atoms with van der Waals surface area (Å²) in [6, 6.07) is 5.48. The standard InChI is InChI=1S/C15H14FN3O3/c1-9-3-4-11(7-14(9)19(21)22)10(2)18-15(20)12-5-6-17-8-13(12)16/h3-8,10H,1-2H3,(H,18,20)/t10-/m1/s1. The van der Waals surface area contributed by atoms with Crippen LogP contribution in [0.4, 0.5) is 10.1 Å². The quantitative estimate of drug-likeness (QED) is 0.695. The molecule has 0 radical (unpaired) electrons. The van der Waals surface area contributed by atoms with Gasteiger partial charge in [0.15, 0.2) is 5.82 Å². The van der Waals surface area contributed by atoms with Crippen LogP contribution in [0.1, 0.15) is 34.5 Å². The van der Waals surface area contributed by atoms with E-state index >= 15 is 0 Å². The molecule has 1 heterocycles. The predicted octanol–water partition coefficient (Wildman–Crippen LogP) is 2.93. The fourth-order valence-corrected chi connectivity index (χ4v) is 2.01. The molecule has 1 aromatic carbocycles. The average molecular weight is 303 g/mol. The number of nitro groups is 1. The number of aromatic nitrogens is 1. The maximum absolute atomic E-state index is 13.5. The Hall–Kier alpha value is -2.83. The number of nitro benzene ring substituents is 1. The lowest BCUT2D eigenvalue weighted by atomic mass is 10.0. The third-order valence-corrected chi connectivity index (χ3v) is 3.29. The van der Waals surface area contributed by atoms with E-state index < -0.39 is 22.7 Å². The third-order valence-electron chi connectivity index (χ3n) is 3.29. The van der Waals surface area contributed by atoms with Crippen LogP contribution in [0.3, 0.4) is 0 Å². The number of carbonyl (C=O) groups excluding carboxylic acids is 1. The molecular formula is C15H14FN3O3. The van der Waals surface area contributed by atoms with Crippen LogP contribution in [0.25, 0.3) is 0 Å². The first-order valence-corrected chi connectivity index (χ1v) is 6.55. The monoisotopic (exact) mass is 303 g/mol. The number of benzene rings is 1. The summed E-state index contributed by atoms with van der Waals surface area (Å²) in [5.74, 6) is -1.32. The third kappa shape index (κ3) is 3.25. The van der Waals surface area contributed by atoms with Crippen molar-refractivity contribution >= 4 is 11.6 Å². The number of hydrogen-bond acceptors (Lipinski definition) is 4. The van der Waals surface area contributed by atoms with Crippen LogP contribution in [0.15, 0.2) is 36.7 Å². The molecule has 0 fully saturated rings. The van der Waals surface area contributed by atoms with Gasteiger partial charge in [0.1, 0.15) is 0 Å². The van der Waals surface area contributed by atoms with E-state index in [2.05, 4.69) is 10.3 Å². The second-order valence-corrected chi connectivity index (χ2v) is 4.85. The SMILES string of the molecule is Cc1ccc([C@@H](C)NC(=O)c2ccncc2F)cc1[N+](=O)[O-]. The molecule has 0 saturated carbocycles. The minimum absolute atomic E-state index is 0.0197. The second kappa shape index (κ2) is 6.30. The van der Waals surface area contributed by atoms with Gasteiger partial charge in [0, 0.05) is 17.8 Å². The molecule has 2 aromatic rings. The number of hydrogen-bond donors (Lipinski definition) is 1. The number of pyridine rings is 1. The molecule has 0 aliphatic carbocycles. The van der Waals surface area contributed by atoms with Crippen molar-refractivity contribution < 1.29 is 14.1 Å². The van der Waals surface area contributed by atoms with E-state index in [0.717, 1.165) is 6.20 Å². The van der Waals surface area contributed by atoms with Crippen LogP contribution < -0.4 is 5.32 Å². The molecule has 2 rings (SSSR count). The Balaban J connectivity index is 2.21. The highest BCUT2D eigenvalue weighted by atomic mass is 19.1. The lowest BCUT2D eigenvalue weighted by molar-refractivity contribution is -0.385. The molecule has 114 valence electrons. The van der Waals surface area contributed by atoms with Crippen LogP contribution in [0.2, 0.25) is 0 Å². The molecule has 1 atom stereocenters. The molecule has 0 aliphatic heterocycles. The zero-order chi connectivity index (χ0) is 16.3. The van der Waals surface area contributed by atoms with Crippen molar-refractivity contribution in [2.45, 2.75) is 19.9 Å². The summed E-state index contributed by atoms with van der Waals surface area (Å²) in [5.41, 5.74) is 0.963. The summed E-state index contributed by atoms with van der Waals surface area (Å²) in [4.78, 5) is 26.1. The number of nitrogens with zero attached hydrogens (tertiary/aromatic N) is 2. The average Bonchev–Trinajstić information content (AvgIpc) is 2.47. The number of aryl methyl sites for hydroxylation is 1. The Kier molecular flexibility index (Phi) is 4.45. The molecule has 7 heteroatoms. The van der Waals surface area contributed by atoms with Crippen LogP contribution in [0, 0.1) is 22.9 Å². The molecule has 0 unspecified atom stereocenters. The van der Waals surface area contributed by atoms with Gasteiger partial charge in [-0.1, -0.05) is 12.1 Å². The van der Waals surface area contributed by atoms with E-state index in [-0.39, 0.29) is 11.3 Å². The van der Waals surface area contributed by atoms with Crippen molar-refractivity contribution in [2.75, 3.05) is 0 Å². The minimum Gasteiger partial charge on any atom is -0.345 e. The summed E-state index contributed by atoms with van der Waals surface area (Å²) < 4.78 is 13.5. The van der Waals surface area contributed by atoms with Gasteiger partial charge in [0.25, 0.3) is 11.6 Å². The molecular weight excluding hydrogens is 289 g/mol. The molecule has 1 aromatic heterocycles. The zero-order valence-electron chi connectivity index (χ0n) is 12.0. The Bertz CT molecular complexity index is 734. The van der Waals surface area contributed by atoms with Crippen LogP contribution >= 0.6 is 0 Å². The van der Waals surface area contributed by atoms with Gasteiger partial charge in [-0.05, 0) is 25.5 Å². The van der Waals surface area contributed by atoms with Gasteiger partial charge in [-0.2, -0.15) is 0 Å². The lowest BCUT2D eigenvalue weighted by Crippen LogP contribution is -2.27. The molecule has 0 bridgehead atoms. The van der Waals surface area contributed by atoms with Gasteiger partial charge in [-0.3, -0.25) is 19.9 Å². The maximum atomic E-state index is 13.5. The predicted molar refractivity (Wildman–Crippen MR) is 77.9 cm³/mol. The summed E-state index contributed by atoms with van der Waals surface area (Å²) in [6.07, 6.45) is 2.27. The first kappa shape index (κ1) is 15.6. The fraction of sp³-hybridized carbons (Fsp3) is 0.200. The maximum Gasteiger partial charge on any atom is 0.272 e. The highest BCUT2D eigenvalue weighted by Crippen LogP contribution is 2.23. The first-order chi connectivity index (χ1) is 10.4. The van der Waals surface area contributed by atoms with Crippen molar-refractivity contribution in [3.63, 3.8) is 0 Å². The minimum atomic E-state index is -0.720. The van der Waals surface area contributed by atoms with E-state index in [0.29, 0.717) is 11.1 Å². The Morgan fingerprint density at radius 1 is 1.41 bits per heavy atom. The lowest BCUT2D eigenvalue weighted by Gasteiger charge is -2.15. The van der Waals surface area contributed by atoms with Gasteiger partial charge in [-0.15, -0.1) is 0 Å². The number of halogens is 1. The van der Waals surface area contributed by atoms with Crippen molar-refractivity contribution in [1.29, 1.82) is 0 Å². The normalized spacial score (nSPS) is 11.8. The van der Waals surface area contributed by atoms with E-state index in [4.69, 9.17) is 0 Å². The Labute approximate surface area is 126 Å². The van der Waals surface area contributed by atoms with Crippen LogP contribution in [-0.4, -0.2) is 15.8 Å². The highest BCUT2D eigenvalue weighted by Gasteiger charge is 2.18. The molecule has 0 aliphatic rings. The Morgan fingerprint density at radius 2 is 2.14 bits per heavy atom. The second-order valence-electron chi connectivity index (χ2n) is 4.85. The van der Waals surface area contributed by atoms with Crippen molar-refractivity contribution in [3.05, 3.63) is 69.3 Å². The molecule has 22 heavy (non-hydrogen) atoms. The smallest absolute Gasteiger partial charge is 0.272 e. The van der Waals surface area contributed by atoms with E-state index in [9.17, 15) is 19.3 Å². The van der Waals surface area contributed by atoms with Crippen molar-refractivity contribution in [3.8, 4) is 0 Å². The van der Waals surface area contributed by atoms with Crippen LogP contribution in [0.5, 0.6) is 0 Å². The van der Waals surface area contributed by atoms with Crippen LogP contribution in [-0.2, 0) is 0 Å². The summed E-state index contributed by atoms with van der Waals surface area (Å²) >= 11 is 0.